The molecule has 0 aliphatic rings. The second-order valence-corrected chi connectivity index (χ2v) is 2.74. The number of amides is 1. The van der Waals surface area contributed by atoms with Crippen LogP contribution in [0, 0.1) is 6.61 Å². The Bertz CT molecular complexity index is 295. The molecule has 1 aromatic carbocycles. The maximum Gasteiger partial charge on any atom is 0.256 e. The zero-order valence-corrected chi connectivity index (χ0v) is 7.99. The number of rotatable bonds is 4. The van der Waals surface area contributed by atoms with Crippen LogP contribution in [0.3, 0.4) is 0 Å². The average molecular weight is 193 g/mol. The fraction of sp³-hybridized carbons (Fsp3) is 0.200. The first-order chi connectivity index (χ1) is 6.76. The minimum atomic E-state index is -0.284. The van der Waals surface area contributed by atoms with Crippen molar-refractivity contribution in [3.63, 3.8) is 0 Å². The molecule has 0 aliphatic heterocycles. The monoisotopic (exact) mass is 193 g/mol. The van der Waals surface area contributed by atoms with Gasteiger partial charge in [-0.3, -0.25) is 4.79 Å². The molecule has 0 aromatic heterocycles. The third-order valence-corrected chi connectivity index (χ3v) is 1.68. The van der Waals surface area contributed by atoms with Gasteiger partial charge in [-0.15, -0.1) is 0 Å². The largest absolute Gasteiger partial charge is 0.368 e. The number of hydrogen-bond acceptors (Lipinski definition) is 3. The van der Waals surface area contributed by atoms with Crippen LogP contribution in [0.5, 0.6) is 0 Å². The first-order valence-corrected chi connectivity index (χ1v) is 4.22. The van der Waals surface area contributed by atoms with Crippen LogP contribution >= 0.6 is 0 Å². The number of carbonyl (C=O) groups excluding carboxylic acids is 1. The van der Waals surface area contributed by atoms with E-state index in [-0.39, 0.29) is 5.91 Å². The zero-order valence-electron chi connectivity index (χ0n) is 7.99. The van der Waals surface area contributed by atoms with Crippen molar-refractivity contribution < 1.29 is 9.53 Å². The van der Waals surface area contributed by atoms with Crippen molar-refractivity contribution in [2.45, 2.75) is 6.54 Å². The number of nitrogens with one attached hydrogen (secondary N) is 1. The lowest BCUT2D eigenvalue weighted by Gasteiger charge is -2.04. The average Bonchev–Trinajstić information content (AvgIpc) is 2.19. The van der Waals surface area contributed by atoms with Crippen molar-refractivity contribution in [3.8, 4) is 0 Å². The summed E-state index contributed by atoms with van der Waals surface area (Å²) >= 11 is 0. The summed E-state index contributed by atoms with van der Waals surface area (Å²) in [5.74, 6) is -0.284. The van der Waals surface area contributed by atoms with Gasteiger partial charge in [-0.2, -0.15) is 0 Å². The summed E-state index contributed by atoms with van der Waals surface area (Å²) < 4.78 is 4.56. The molecule has 1 aromatic rings. The molecule has 0 saturated heterocycles. The lowest BCUT2D eigenvalue weighted by molar-refractivity contribution is -0.116. The SMILES string of the molecule is CO[CH]C(=O)Nc1ccc(CN)cc1. The Kier molecular flexibility index (Phi) is 4.10. The standard InChI is InChI=1S/C10H13N2O2/c1-14-7-10(13)12-9-4-2-8(6-11)3-5-9/h2-5,7H,6,11H2,1H3,(H,12,13). The minimum Gasteiger partial charge on any atom is -0.368 e. The Morgan fingerprint density at radius 1 is 1.50 bits per heavy atom. The summed E-state index contributed by atoms with van der Waals surface area (Å²) in [6.07, 6.45) is 0. The van der Waals surface area contributed by atoms with Crippen LogP contribution in [0.15, 0.2) is 24.3 Å². The van der Waals surface area contributed by atoms with Crippen LogP contribution in [0.25, 0.3) is 0 Å². The Hall–Kier alpha value is -1.39. The van der Waals surface area contributed by atoms with E-state index in [2.05, 4.69) is 10.1 Å². The highest BCUT2D eigenvalue weighted by Crippen LogP contribution is 2.09. The molecule has 0 saturated carbocycles. The maximum absolute atomic E-state index is 11.1. The van der Waals surface area contributed by atoms with Crippen LogP contribution in [-0.4, -0.2) is 13.0 Å². The van der Waals surface area contributed by atoms with E-state index in [4.69, 9.17) is 5.73 Å². The molecule has 0 unspecified atom stereocenters. The molecular formula is C10H13N2O2. The van der Waals surface area contributed by atoms with Gasteiger partial charge in [-0.1, -0.05) is 12.1 Å². The highest BCUT2D eigenvalue weighted by atomic mass is 16.5. The van der Waals surface area contributed by atoms with Crippen LogP contribution in [-0.2, 0) is 16.1 Å². The quantitative estimate of drug-likeness (QED) is 0.746. The smallest absolute Gasteiger partial charge is 0.256 e. The topological polar surface area (TPSA) is 64.3 Å². The number of methoxy groups -OCH3 is 1. The van der Waals surface area contributed by atoms with Crippen LogP contribution in [0.1, 0.15) is 5.56 Å². The van der Waals surface area contributed by atoms with E-state index in [1.54, 1.807) is 12.1 Å². The van der Waals surface area contributed by atoms with Gasteiger partial charge in [-0.25, -0.2) is 0 Å². The molecule has 1 rings (SSSR count). The van der Waals surface area contributed by atoms with E-state index in [1.807, 2.05) is 12.1 Å². The van der Waals surface area contributed by atoms with E-state index in [9.17, 15) is 4.79 Å². The second kappa shape index (κ2) is 5.36. The van der Waals surface area contributed by atoms with Gasteiger partial charge in [0.25, 0.3) is 5.91 Å². The molecule has 3 N–H and O–H groups in total. The van der Waals surface area contributed by atoms with Crippen LogP contribution < -0.4 is 11.1 Å². The normalized spacial score (nSPS) is 9.86. The molecule has 1 radical (unpaired) electrons. The molecular weight excluding hydrogens is 180 g/mol. The Labute approximate surface area is 83.1 Å². The fourth-order valence-electron chi connectivity index (χ4n) is 1.00. The van der Waals surface area contributed by atoms with Crippen molar-refractivity contribution in [3.05, 3.63) is 36.4 Å². The van der Waals surface area contributed by atoms with Crippen molar-refractivity contribution in [1.82, 2.24) is 0 Å². The third kappa shape index (κ3) is 3.16. The first kappa shape index (κ1) is 10.7. The van der Waals surface area contributed by atoms with Crippen LogP contribution in [0.4, 0.5) is 5.69 Å². The summed E-state index contributed by atoms with van der Waals surface area (Å²) in [5, 5.41) is 2.63. The highest BCUT2D eigenvalue weighted by molar-refractivity contribution is 5.95. The molecule has 1 amide bonds. The van der Waals surface area contributed by atoms with E-state index in [1.165, 1.54) is 7.11 Å². The maximum atomic E-state index is 11.1. The van der Waals surface area contributed by atoms with Crippen molar-refractivity contribution in [2.75, 3.05) is 12.4 Å². The summed E-state index contributed by atoms with van der Waals surface area (Å²) in [7, 11) is 1.43. The molecule has 0 atom stereocenters. The molecule has 4 heteroatoms. The third-order valence-electron chi connectivity index (χ3n) is 1.68. The first-order valence-electron chi connectivity index (χ1n) is 4.22. The predicted molar refractivity (Wildman–Crippen MR) is 54.3 cm³/mol. The molecule has 14 heavy (non-hydrogen) atoms. The molecule has 0 fully saturated rings. The van der Waals surface area contributed by atoms with Crippen molar-refractivity contribution in [1.29, 1.82) is 0 Å². The van der Waals surface area contributed by atoms with Gasteiger partial charge in [-0.05, 0) is 17.7 Å². The number of ether oxygens (including phenoxy) is 1. The second-order valence-electron chi connectivity index (χ2n) is 2.74. The van der Waals surface area contributed by atoms with Gasteiger partial charge in [0.2, 0.25) is 0 Å². The molecule has 0 heterocycles. The minimum absolute atomic E-state index is 0.284. The molecule has 0 aliphatic carbocycles. The predicted octanol–water partition coefficient (Wildman–Crippen LogP) is 0.892. The lowest BCUT2D eigenvalue weighted by Crippen LogP contribution is -2.12. The Balaban J connectivity index is 2.55. The van der Waals surface area contributed by atoms with Crippen molar-refractivity contribution >= 4 is 11.6 Å². The van der Waals surface area contributed by atoms with Gasteiger partial charge in [0, 0.05) is 19.3 Å². The highest BCUT2D eigenvalue weighted by Gasteiger charge is 2.01. The number of hydrogen-bond donors (Lipinski definition) is 2. The van der Waals surface area contributed by atoms with Gasteiger partial charge in [0.05, 0.1) is 0 Å². The van der Waals surface area contributed by atoms with Gasteiger partial charge in [0.1, 0.15) is 0 Å². The molecule has 4 nitrogen and oxygen atoms in total. The number of nitrogens with two attached hydrogens (primary N) is 1. The summed E-state index contributed by atoms with van der Waals surface area (Å²) in [5.41, 5.74) is 7.18. The molecule has 75 valence electrons. The van der Waals surface area contributed by atoms with Gasteiger partial charge >= 0.3 is 0 Å². The van der Waals surface area contributed by atoms with E-state index >= 15 is 0 Å². The van der Waals surface area contributed by atoms with Crippen LogP contribution in [0.2, 0.25) is 0 Å². The van der Waals surface area contributed by atoms with Gasteiger partial charge < -0.3 is 15.8 Å². The number of benzene rings is 1. The molecule has 0 spiro atoms. The summed E-state index contributed by atoms with van der Waals surface area (Å²) in [6, 6.07) is 7.32. The summed E-state index contributed by atoms with van der Waals surface area (Å²) in [4.78, 5) is 11.1. The lowest BCUT2D eigenvalue weighted by atomic mass is 10.2. The molecule has 0 bridgehead atoms. The van der Waals surface area contributed by atoms with E-state index < -0.39 is 0 Å². The van der Waals surface area contributed by atoms with E-state index in [0.717, 1.165) is 17.9 Å². The number of carbonyl (C=O) groups is 1. The zero-order chi connectivity index (χ0) is 10.4. The van der Waals surface area contributed by atoms with Gasteiger partial charge in [0.15, 0.2) is 6.61 Å². The Morgan fingerprint density at radius 3 is 2.64 bits per heavy atom. The summed E-state index contributed by atoms with van der Waals surface area (Å²) in [6.45, 7) is 1.61. The van der Waals surface area contributed by atoms with E-state index in [0.29, 0.717) is 6.54 Å². The van der Waals surface area contributed by atoms with Crippen molar-refractivity contribution in [2.24, 2.45) is 5.73 Å². The fourth-order valence-corrected chi connectivity index (χ4v) is 1.00. The number of anilines is 1. The Morgan fingerprint density at radius 2 is 2.14 bits per heavy atom.